The smallest absolute Gasteiger partial charge is 0.407 e. The number of aryl methyl sites for hydroxylation is 2. The maximum atomic E-state index is 5.96. The van der Waals surface area contributed by atoms with Crippen LogP contribution >= 0.6 is 0 Å². The molecule has 4 nitrogen and oxygen atoms in total. The molecule has 2 heterocycles. The molecule has 0 atom stereocenters. The second-order valence-corrected chi connectivity index (χ2v) is 9.19. The van der Waals surface area contributed by atoms with Gasteiger partial charge in [-0.15, -0.1) is 0 Å². The molecular weight excluding hydrogens is 386 g/mol. The summed E-state index contributed by atoms with van der Waals surface area (Å²) in [4.78, 5) is 0. The quantitative estimate of drug-likeness (QED) is 0.337. The highest BCUT2D eigenvalue weighted by molar-refractivity contribution is 6.64. The van der Waals surface area contributed by atoms with E-state index in [0.717, 1.165) is 45.7 Å². The van der Waals surface area contributed by atoms with Gasteiger partial charge < -0.3 is 18.6 Å². The Kier molecular flexibility index (Phi) is 11.5. The number of hydrogen-bond acceptors (Lipinski definition) is 4. The number of benzene rings is 1. The van der Waals surface area contributed by atoms with Crippen LogP contribution in [0.5, 0.6) is 0 Å². The molecule has 6 heteroatoms. The van der Waals surface area contributed by atoms with E-state index in [2.05, 4.69) is 26.0 Å². The van der Waals surface area contributed by atoms with Crippen molar-refractivity contribution in [1.29, 1.82) is 0 Å². The van der Waals surface area contributed by atoms with Crippen LogP contribution in [0.4, 0.5) is 0 Å². The number of unbranched alkanes of at least 4 members (excludes halogenated alkanes) is 9. The van der Waals surface area contributed by atoms with Gasteiger partial charge in [0, 0.05) is 26.4 Å². The predicted octanol–water partition coefficient (Wildman–Crippen LogP) is 4.72. The van der Waals surface area contributed by atoms with E-state index >= 15 is 0 Å². The molecule has 0 saturated carbocycles. The summed E-state index contributed by atoms with van der Waals surface area (Å²) >= 11 is 0. The molecule has 1 aromatic rings. The number of rotatable bonds is 13. The molecule has 0 bridgehead atoms. The molecule has 31 heavy (non-hydrogen) atoms. The average Bonchev–Trinajstić information content (AvgIpc) is 2.82. The van der Waals surface area contributed by atoms with E-state index < -0.39 is 0 Å². The van der Waals surface area contributed by atoms with Gasteiger partial charge in [0.2, 0.25) is 0 Å². The highest BCUT2D eigenvalue weighted by atomic mass is 16.6. The van der Waals surface area contributed by atoms with Gasteiger partial charge in [-0.3, -0.25) is 0 Å². The van der Waals surface area contributed by atoms with E-state index in [4.69, 9.17) is 18.6 Å². The maximum absolute atomic E-state index is 5.96. The fourth-order valence-corrected chi connectivity index (χ4v) is 4.62. The third-order valence-corrected chi connectivity index (χ3v) is 6.49. The molecule has 2 aliphatic heterocycles. The van der Waals surface area contributed by atoms with Gasteiger partial charge >= 0.3 is 14.2 Å². The first-order valence-corrected chi connectivity index (χ1v) is 12.9. The van der Waals surface area contributed by atoms with E-state index in [0.29, 0.717) is 0 Å². The summed E-state index contributed by atoms with van der Waals surface area (Å²) in [7, 11) is -0.463. The molecule has 2 saturated heterocycles. The van der Waals surface area contributed by atoms with Crippen LogP contribution in [0.3, 0.4) is 0 Å². The van der Waals surface area contributed by atoms with Gasteiger partial charge in [-0.05, 0) is 49.1 Å². The van der Waals surface area contributed by atoms with Gasteiger partial charge in [-0.1, -0.05) is 82.4 Å². The van der Waals surface area contributed by atoms with Crippen molar-refractivity contribution >= 4 is 25.2 Å². The topological polar surface area (TPSA) is 36.9 Å². The minimum Gasteiger partial charge on any atom is -0.407 e. The lowest BCUT2D eigenvalue weighted by Crippen LogP contribution is -2.47. The summed E-state index contributed by atoms with van der Waals surface area (Å²) in [6.07, 6.45) is 16.6. The van der Waals surface area contributed by atoms with Crippen molar-refractivity contribution in [3.63, 3.8) is 0 Å². The van der Waals surface area contributed by atoms with E-state index in [1.54, 1.807) is 0 Å². The van der Waals surface area contributed by atoms with Crippen LogP contribution in [0.25, 0.3) is 0 Å². The van der Waals surface area contributed by atoms with E-state index in [1.165, 1.54) is 86.3 Å². The molecule has 0 radical (unpaired) electrons. The van der Waals surface area contributed by atoms with Crippen LogP contribution in [-0.2, 0) is 25.0 Å². The zero-order valence-electron chi connectivity index (χ0n) is 20.0. The molecule has 0 amide bonds. The lowest BCUT2D eigenvalue weighted by Gasteiger charge is -2.25. The van der Waals surface area contributed by atoms with Crippen LogP contribution in [0.15, 0.2) is 12.1 Å². The third-order valence-electron chi connectivity index (χ3n) is 6.49. The molecule has 1 aromatic carbocycles. The first-order chi connectivity index (χ1) is 15.3. The van der Waals surface area contributed by atoms with Crippen LogP contribution < -0.4 is 10.9 Å². The van der Waals surface area contributed by atoms with Crippen molar-refractivity contribution in [3.8, 4) is 0 Å². The van der Waals surface area contributed by atoms with Crippen molar-refractivity contribution in [2.24, 2.45) is 0 Å². The molecule has 0 unspecified atom stereocenters. The molecule has 0 aromatic heterocycles. The molecule has 2 fully saturated rings. The lowest BCUT2D eigenvalue weighted by atomic mass is 9.67. The Bertz CT molecular complexity index is 628. The Morgan fingerprint density at radius 3 is 1.68 bits per heavy atom. The fraction of sp³-hybridized carbons (Fsp3) is 0.760. The SMILES string of the molecule is CCCCCCCCCCCCc1cc(B2OCCCO2)c(C)cc1B1OCCCO1. The van der Waals surface area contributed by atoms with Crippen molar-refractivity contribution in [1.82, 2.24) is 0 Å². The minimum atomic E-state index is -0.234. The molecule has 0 aliphatic carbocycles. The summed E-state index contributed by atoms with van der Waals surface area (Å²) in [5.74, 6) is 0. The second-order valence-electron chi connectivity index (χ2n) is 9.19. The summed E-state index contributed by atoms with van der Waals surface area (Å²) < 4.78 is 23.7. The Morgan fingerprint density at radius 2 is 1.13 bits per heavy atom. The first kappa shape index (κ1) is 24.8. The highest BCUT2D eigenvalue weighted by Crippen LogP contribution is 2.15. The molecule has 3 rings (SSSR count). The van der Waals surface area contributed by atoms with E-state index in [9.17, 15) is 0 Å². The average molecular weight is 428 g/mol. The van der Waals surface area contributed by atoms with Crippen molar-refractivity contribution in [3.05, 3.63) is 23.3 Å². The van der Waals surface area contributed by atoms with Gasteiger partial charge in [0.25, 0.3) is 0 Å². The van der Waals surface area contributed by atoms with Crippen LogP contribution in [0, 0.1) is 6.92 Å². The van der Waals surface area contributed by atoms with Crippen molar-refractivity contribution in [2.75, 3.05) is 26.4 Å². The van der Waals surface area contributed by atoms with Crippen LogP contribution in [0.1, 0.15) is 95.1 Å². The summed E-state index contributed by atoms with van der Waals surface area (Å²) in [6, 6.07) is 4.55. The Labute approximate surface area is 191 Å². The third kappa shape index (κ3) is 8.24. The van der Waals surface area contributed by atoms with Gasteiger partial charge in [0.15, 0.2) is 0 Å². The zero-order chi connectivity index (χ0) is 21.7. The first-order valence-electron chi connectivity index (χ1n) is 12.9. The largest absolute Gasteiger partial charge is 0.494 e. The predicted molar refractivity (Wildman–Crippen MR) is 131 cm³/mol. The highest BCUT2D eigenvalue weighted by Gasteiger charge is 2.31. The van der Waals surface area contributed by atoms with Crippen molar-refractivity contribution in [2.45, 2.75) is 97.3 Å². The van der Waals surface area contributed by atoms with Crippen LogP contribution in [-0.4, -0.2) is 40.7 Å². The van der Waals surface area contributed by atoms with Gasteiger partial charge in [-0.25, -0.2) is 0 Å². The molecule has 0 N–H and O–H groups in total. The normalized spacial score (nSPS) is 17.4. The Morgan fingerprint density at radius 1 is 0.645 bits per heavy atom. The second kappa shape index (κ2) is 14.4. The van der Waals surface area contributed by atoms with E-state index in [-0.39, 0.29) is 14.2 Å². The van der Waals surface area contributed by atoms with E-state index in [1.807, 2.05) is 0 Å². The zero-order valence-corrected chi connectivity index (χ0v) is 20.0. The molecule has 2 aliphatic rings. The monoisotopic (exact) mass is 428 g/mol. The van der Waals surface area contributed by atoms with Gasteiger partial charge in [-0.2, -0.15) is 0 Å². The van der Waals surface area contributed by atoms with Gasteiger partial charge in [0.05, 0.1) is 0 Å². The summed E-state index contributed by atoms with van der Waals surface area (Å²) in [6.45, 7) is 7.52. The Balaban J connectivity index is 1.53. The fourth-order valence-electron chi connectivity index (χ4n) is 4.62. The maximum Gasteiger partial charge on any atom is 0.494 e. The van der Waals surface area contributed by atoms with Gasteiger partial charge in [0.1, 0.15) is 0 Å². The lowest BCUT2D eigenvalue weighted by molar-refractivity contribution is 0.142. The Hall–Kier alpha value is -0.810. The number of hydrogen-bond donors (Lipinski definition) is 0. The van der Waals surface area contributed by atoms with Crippen molar-refractivity contribution < 1.29 is 18.6 Å². The summed E-state index contributed by atoms with van der Waals surface area (Å²) in [5, 5.41) is 0. The molecule has 172 valence electrons. The van der Waals surface area contributed by atoms with Crippen LogP contribution in [0.2, 0.25) is 0 Å². The molecule has 0 spiro atoms. The minimum absolute atomic E-state index is 0.229. The standard InChI is InChI=1S/C25H42B2O4/c1-3-4-5-6-7-8-9-10-11-12-15-23-21-24(26-28-16-13-17-29-26)22(2)20-25(23)27-30-18-14-19-31-27/h20-21H,3-19H2,1-2H3. The molecular formula is C25H42B2O4. The summed E-state index contributed by atoms with van der Waals surface area (Å²) in [5.41, 5.74) is 4.91.